The highest BCUT2D eigenvalue weighted by molar-refractivity contribution is 5.96. The molecule has 1 heterocycles. The van der Waals surface area contributed by atoms with E-state index in [1.54, 1.807) is 6.92 Å². The molecule has 0 aliphatic carbocycles. The van der Waals surface area contributed by atoms with Crippen LogP contribution < -0.4 is 10.1 Å². The van der Waals surface area contributed by atoms with Crippen molar-refractivity contribution in [2.75, 3.05) is 11.9 Å². The molecular formula is C24H30N2O3. The Labute approximate surface area is 173 Å². The smallest absolute Gasteiger partial charge is 0.263 e. The summed E-state index contributed by atoms with van der Waals surface area (Å²) in [5.41, 5.74) is 2.64. The molecule has 154 valence electrons. The molecule has 29 heavy (non-hydrogen) atoms. The van der Waals surface area contributed by atoms with Gasteiger partial charge < -0.3 is 15.0 Å². The third kappa shape index (κ3) is 4.97. The number of rotatable bonds is 6. The van der Waals surface area contributed by atoms with Gasteiger partial charge in [-0.3, -0.25) is 9.59 Å². The van der Waals surface area contributed by atoms with Crippen LogP contribution in [0.5, 0.6) is 5.75 Å². The first-order chi connectivity index (χ1) is 13.9. The summed E-state index contributed by atoms with van der Waals surface area (Å²) in [6.45, 7) is 9.14. The molecule has 2 amide bonds. The van der Waals surface area contributed by atoms with Crippen LogP contribution in [0.3, 0.4) is 0 Å². The van der Waals surface area contributed by atoms with Crippen molar-refractivity contribution in [1.82, 2.24) is 4.90 Å². The number of anilines is 1. The van der Waals surface area contributed by atoms with Gasteiger partial charge in [-0.15, -0.1) is 0 Å². The molecule has 0 bridgehead atoms. The van der Waals surface area contributed by atoms with Gasteiger partial charge in [-0.2, -0.15) is 0 Å². The summed E-state index contributed by atoms with van der Waals surface area (Å²) in [7, 11) is 0. The molecule has 0 spiro atoms. The minimum Gasteiger partial charge on any atom is -0.481 e. The monoisotopic (exact) mass is 394 g/mol. The summed E-state index contributed by atoms with van der Waals surface area (Å²) in [4.78, 5) is 27.4. The maximum Gasteiger partial charge on any atom is 0.263 e. The molecule has 0 saturated heterocycles. The van der Waals surface area contributed by atoms with Crippen LogP contribution in [-0.2, 0) is 16.1 Å². The van der Waals surface area contributed by atoms with Crippen molar-refractivity contribution in [1.29, 1.82) is 0 Å². The van der Waals surface area contributed by atoms with Crippen molar-refractivity contribution in [2.45, 2.75) is 52.7 Å². The SMILES string of the molecule is CCC(C(=O)Nc1ccc2c(c1)CN(CC(C)C)C(=O)C(C)O2)c1ccccc1. The van der Waals surface area contributed by atoms with Crippen LogP contribution in [0, 0.1) is 5.92 Å². The Morgan fingerprint density at radius 2 is 1.93 bits per heavy atom. The van der Waals surface area contributed by atoms with E-state index in [2.05, 4.69) is 19.2 Å². The third-order valence-corrected chi connectivity index (χ3v) is 5.16. The van der Waals surface area contributed by atoms with Crippen LogP contribution in [0.25, 0.3) is 0 Å². The van der Waals surface area contributed by atoms with Crippen molar-refractivity contribution in [3.8, 4) is 5.75 Å². The highest BCUT2D eigenvalue weighted by Crippen LogP contribution is 2.30. The topological polar surface area (TPSA) is 58.6 Å². The molecule has 1 aliphatic rings. The van der Waals surface area contributed by atoms with Crippen molar-refractivity contribution in [3.63, 3.8) is 0 Å². The lowest BCUT2D eigenvalue weighted by Gasteiger charge is -2.24. The number of amides is 2. The zero-order valence-electron chi connectivity index (χ0n) is 17.6. The Bertz CT molecular complexity index is 864. The fourth-order valence-corrected chi connectivity index (χ4v) is 3.76. The second-order valence-electron chi connectivity index (χ2n) is 8.06. The van der Waals surface area contributed by atoms with Crippen molar-refractivity contribution < 1.29 is 14.3 Å². The molecule has 5 nitrogen and oxygen atoms in total. The lowest BCUT2D eigenvalue weighted by atomic mass is 9.95. The summed E-state index contributed by atoms with van der Waals surface area (Å²) in [6, 6.07) is 15.4. The number of carbonyl (C=O) groups excluding carboxylic acids is 2. The quantitative estimate of drug-likeness (QED) is 0.780. The molecule has 1 N–H and O–H groups in total. The van der Waals surface area contributed by atoms with Gasteiger partial charge in [0.25, 0.3) is 5.91 Å². The maximum atomic E-state index is 12.9. The minimum absolute atomic E-state index is 0.00406. The van der Waals surface area contributed by atoms with E-state index in [9.17, 15) is 9.59 Å². The summed E-state index contributed by atoms with van der Waals surface area (Å²) in [5, 5.41) is 3.04. The van der Waals surface area contributed by atoms with Gasteiger partial charge in [-0.25, -0.2) is 0 Å². The van der Waals surface area contributed by atoms with E-state index in [0.29, 0.717) is 24.8 Å². The third-order valence-electron chi connectivity index (χ3n) is 5.16. The Morgan fingerprint density at radius 1 is 1.21 bits per heavy atom. The second kappa shape index (κ2) is 9.12. The molecule has 3 rings (SSSR count). The van der Waals surface area contributed by atoms with Gasteiger partial charge in [0, 0.05) is 24.3 Å². The fourth-order valence-electron chi connectivity index (χ4n) is 3.76. The molecule has 0 radical (unpaired) electrons. The van der Waals surface area contributed by atoms with Crippen LogP contribution >= 0.6 is 0 Å². The highest BCUT2D eigenvalue weighted by Gasteiger charge is 2.28. The first-order valence-electron chi connectivity index (χ1n) is 10.3. The largest absolute Gasteiger partial charge is 0.481 e. The number of nitrogens with one attached hydrogen (secondary N) is 1. The van der Waals surface area contributed by atoms with Crippen LogP contribution in [0.15, 0.2) is 48.5 Å². The fraction of sp³-hybridized carbons (Fsp3) is 0.417. The summed E-state index contributed by atoms with van der Waals surface area (Å²) < 4.78 is 5.87. The van der Waals surface area contributed by atoms with Crippen LogP contribution in [0.2, 0.25) is 0 Å². The molecule has 2 aromatic carbocycles. The zero-order valence-corrected chi connectivity index (χ0v) is 17.6. The molecule has 0 aromatic heterocycles. The Balaban J connectivity index is 1.81. The lowest BCUT2D eigenvalue weighted by Crippen LogP contribution is -2.39. The van der Waals surface area contributed by atoms with E-state index in [4.69, 9.17) is 4.74 Å². The van der Waals surface area contributed by atoms with Gasteiger partial charge in [0.1, 0.15) is 5.75 Å². The van der Waals surface area contributed by atoms with Gasteiger partial charge in [-0.1, -0.05) is 51.1 Å². The summed E-state index contributed by atoms with van der Waals surface area (Å²) in [5.74, 6) is 0.828. The molecule has 1 aliphatic heterocycles. The number of ether oxygens (including phenoxy) is 1. The lowest BCUT2D eigenvalue weighted by molar-refractivity contribution is -0.138. The highest BCUT2D eigenvalue weighted by atomic mass is 16.5. The predicted molar refractivity (Wildman–Crippen MR) is 115 cm³/mol. The van der Waals surface area contributed by atoms with E-state index in [1.807, 2.05) is 60.4 Å². The van der Waals surface area contributed by atoms with Gasteiger partial charge in [-0.05, 0) is 43.0 Å². The number of nitrogens with zero attached hydrogens (tertiary/aromatic N) is 1. The zero-order chi connectivity index (χ0) is 21.0. The molecule has 2 aromatic rings. The first-order valence-corrected chi connectivity index (χ1v) is 10.3. The molecule has 0 saturated carbocycles. The molecule has 2 atom stereocenters. The number of hydrogen-bond donors (Lipinski definition) is 1. The minimum atomic E-state index is -0.516. The van der Waals surface area contributed by atoms with E-state index >= 15 is 0 Å². The predicted octanol–water partition coefficient (Wildman–Crippen LogP) is 4.58. The normalized spacial score (nSPS) is 17.3. The van der Waals surface area contributed by atoms with E-state index in [1.165, 1.54) is 0 Å². The Hall–Kier alpha value is -2.82. The summed E-state index contributed by atoms with van der Waals surface area (Å²) in [6.07, 6.45) is 0.205. The molecule has 5 heteroatoms. The second-order valence-corrected chi connectivity index (χ2v) is 8.06. The van der Waals surface area contributed by atoms with Gasteiger partial charge >= 0.3 is 0 Å². The number of carbonyl (C=O) groups is 2. The van der Waals surface area contributed by atoms with Gasteiger partial charge in [0.2, 0.25) is 5.91 Å². The average Bonchev–Trinajstić information content (AvgIpc) is 2.80. The molecular weight excluding hydrogens is 364 g/mol. The van der Waals surface area contributed by atoms with Crippen LogP contribution in [-0.4, -0.2) is 29.4 Å². The number of fused-ring (bicyclic) bond motifs is 1. The Morgan fingerprint density at radius 3 is 2.59 bits per heavy atom. The van der Waals surface area contributed by atoms with Gasteiger partial charge in [0.05, 0.1) is 5.92 Å². The first kappa shape index (κ1) is 20.9. The summed E-state index contributed by atoms with van der Waals surface area (Å²) >= 11 is 0. The van der Waals surface area contributed by atoms with Crippen molar-refractivity contribution >= 4 is 17.5 Å². The number of benzene rings is 2. The van der Waals surface area contributed by atoms with Crippen LogP contribution in [0.1, 0.15) is 51.2 Å². The standard InChI is InChI=1S/C24H30N2O3/c1-5-21(18-9-7-6-8-10-18)23(27)25-20-11-12-22-19(13-20)15-26(14-16(2)3)24(28)17(4)29-22/h6-13,16-17,21H,5,14-15H2,1-4H3,(H,25,27). The van der Waals surface area contributed by atoms with Gasteiger partial charge in [0.15, 0.2) is 6.10 Å². The maximum absolute atomic E-state index is 12.9. The van der Waals surface area contributed by atoms with Crippen LogP contribution in [0.4, 0.5) is 5.69 Å². The number of hydrogen-bond acceptors (Lipinski definition) is 3. The van der Waals surface area contributed by atoms with Crippen molar-refractivity contribution in [3.05, 3.63) is 59.7 Å². The average molecular weight is 395 g/mol. The van der Waals surface area contributed by atoms with E-state index < -0.39 is 6.10 Å². The van der Waals surface area contributed by atoms with E-state index in [-0.39, 0.29) is 17.7 Å². The molecule has 2 unspecified atom stereocenters. The van der Waals surface area contributed by atoms with E-state index in [0.717, 1.165) is 23.2 Å². The van der Waals surface area contributed by atoms with Crippen molar-refractivity contribution in [2.24, 2.45) is 5.92 Å². The Kier molecular flexibility index (Phi) is 6.57. The molecule has 0 fully saturated rings.